The molecule has 6 nitrogen and oxygen atoms in total. The second-order valence-electron chi connectivity index (χ2n) is 5.31. The van der Waals surface area contributed by atoms with Crippen molar-refractivity contribution < 1.29 is 9.59 Å². The average molecular weight is 343 g/mol. The van der Waals surface area contributed by atoms with E-state index in [-0.39, 0.29) is 11.6 Å². The van der Waals surface area contributed by atoms with Gasteiger partial charge in [0.1, 0.15) is 6.04 Å². The Morgan fingerprint density at radius 3 is 2.58 bits per heavy atom. The maximum Gasteiger partial charge on any atom is 0.273 e. The van der Waals surface area contributed by atoms with Gasteiger partial charge < -0.3 is 10.6 Å². The number of aromatic amines is 1. The minimum atomic E-state index is -0.719. The van der Waals surface area contributed by atoms with Crippen LogP contribution < -0.4 is 10.6 Å². The van der Waals surface area contributed by atoms with E-state index in [0.29, 0.717) is 16.1 Å². The van der Waals surface area contributed by atoms with Crippen LogP contribution in [-0.4, -0.2) is 28.1 Å². The van der Waals surface area contributed by atoms with Gasteiger partial charge in [0, 0.05) is 16.1 Å². The van der Waals surface area contributed by atoms with Crippen LogP contribution in [0.25, 0.3) is 10.9 Å². The van der Waals surface area contributed by atoms with Gasteiger partial charge in [-0.15, -0.1) is 0 Å². The quantitative estimate of drug-likeness (QED) is 0.681. The number of para-hydroxylation sites is 1. The van der Waals surface area contributed by atoms with Crippen molar-refractivity contribution in [1.82, 2.24) is 15.5 Å². The number of nitrogens with one attached hydrogen (secondary N) is 3. The fraction of sp³-hybridized carbons (Fsp3) is 0.118. The van der Waals surface area contributed by atoms with Gasteiger partial charge in [-0.2, -0.15) is 5.10 Å². The molecule has 122 valence electrons. The lowest BCUT2D eigenvalue weighted by Gasteiger charge is -2.13. The zero-order valence-corrected chi connectivity index (χ0v) is 13.6. The van der Waals surface area contributed by atoms with Crippen LogP contribution in [0.1, 0.15) is 17.4 Å². The molecule has 0 bridgehead atoms. The Morgan fingerprint density at radius 1 is 1.12 bits per heavy atom. The molecule has 0 aliphatic heterocycles. The van der Waals surface area contributed by atoms with Crippen LogP contribution in [0.15, 0.2) is 48.5 Å². The number of carbonyl (C=O) groups is 2. The van der Waals surface area contributed by atoms with Crippen molar-refractivity contribution in [3.05, 3.63) is 59.2 Å². The third-order valence-electron chi connectivity index (χ3n) is 3.54. The Morgan fingerprint density at radius 2 is 1.83 bits per heavy atom. The van der Waals surface area contributed by atoms with Crippen LogP contribution in [0.5, 0.6) is 0 Å². The van der Waals surface area contributed by atoms with Crippen molar-refractivity contribution in [2.45, 2.75) is 13.0 Å². The Labute approximate surface area is 143 Å². The number of halogens is 1. The normalized spacial score (nSPS) is 11.9. The van der Waals surface area contributed by atoms with Gasteiger partial charge in [0.05, 0.1) is 5.52 Å². The molecule has 3 N–H and O–H groups in total. The molecule has 3 aromatic rings. The molecular weight excluding hydrogens is 328 g/mol. The molecule has 0 radical (unpaired) electrons. The third kappa shape index (κ3) is 3.38. The van der Waals surface area contributed by atoms with Crippen LogP contribution in [0.2, 0.25) is 5.02 Å². The maximum absolute atomic E-state index is 12.3. The van der Waals surface area contributed by atoms with E-state index in [1.807, 2.05) is 18.2 Å². The molecule has 2 aromatic carbocycles. The van der Waals surface area contributed by atoms with Gasteiger partial charge in [-0.25, -0.2) is 0 Å². The minimum absolute atomic E-state index is 0.261. The zero-order valence-electron chi connectivity index (χ0n) is 12.8. The molecular formula is C17H15ClN4O2. The fourth-order valence-corrected chi connectivity index (χ4v) is 2.38. The van der Waals surface area contributed by atoms with Crippen LogP contribution in [0, 0.1) is 0 Å². The van der Waals surface area contributed by atoms with E-state index in [9.17, 15) is 9.59 Å². The standard InChI is InChI=1S/C17H15ClN4O2/c1-10(16(23)20-12-8-6-11(18)7-9-12)19-17(24)15-13-4-2-3-5-14(13)21-22-15/h2-10H,1H3,(H,19,24)(H,20,23)(H,21,22). The fourth-order valence-electron chi connectivity index (χ4n) is 2.25. The summed E-state index contributed by atoms with van der Waals surface area (Å²) in [5.41, 5.74) is 1.63. The Bertz CT molecular complexity index is 889. The predicted molar refractivity (Wildman–Crippen MR) is 93.1 cm³/mol. The van der Waals surface area contributed by atoms with E-state index in [1.54, 1.807) is 37.3 Å². The summed E-state index contributed by atoms with van der Waals surface area (Å²) in [5.74, 6) is -0.739. The number of carbonyl (C=O) groups excluding carboxylic acids is 2. The van der Waals surface area contributed by atoms with Crippen molar-refractivity contribution in [1.29, 1.82) is 0 Å². The van der Waals surface area contributed by atoms with E-state index in [1.165, 1.54) is 0 Å². The second-order valence-corrected chi connectivity index (χ2v) is 5.75. The number of nitrogens with zero attached hydrogens (tertiary/aromatic N) is 1. The maximum atomic E-state index is 12.3. The highest BCUT2D eigenvalue weighted by Gasteiger charge is 2.20. The van der Waals surface area contributed by atoms with Gasteiger partial charge in [0.2, 0.25) is 5.91 Å². The highest BCUT2D eigenvalue weighted by molar-refractivity contribution is 6.30. The molecule has 0 spiro atoms. The summed E-state index contributed by atoms with van der Waals surface area (Å²) < 4.78 is 0. The van der Waals surface area contributed by atoms with Crippen LogP contribution >= 0.6 is 11.6 Å². The lowest BCUT2D eigenvalue weighted by atomic mass is 10.2. The molecule has 0 fully saturated rings. The topological polar surface area (TPSA) is 86.9 Å². The summed E-state index contributed by atoms with van der Waals surface area (Å²) in [6, 6.07) is 13.3. The first-order chi connectivity index (χ1) is 11.5. The number of anilines is 1. The van der Waals surface area contributed by atoms with E-state index >= 15 is 0 Å². The molecule has 24 heavy (non-hydrogen) atoms. The average Bonchev–Trinajstić information content (AvgIpc) is 3.01. The summed E-state index contributed by atoms with van der Waals surface area (Å²) in [7, 11) is 0. The van der Waals surface area contributed by atoms with Gasteiger partial charge >= 0.3 is 0 Å². The number of fused-ring (bicyclic) bond motifs is 1. The first-order valence-electron chi connectivity index (χ1n) is 7.35. The third-order valence-corrected chi connectivity index (χ3v) is 3.79. The number of amides is 2. The molecule has 7 heteroatoms. The monoisotopic (exact) mass is 342 g/mol. The van der Waals surface area contributed by atoms with E-state index in [2.05, 4.69) is 20.8 Å². The number of hydrogen-bond acceptors (Lipinski definition) is 3. The summed E-state index contributed by atoms with van der Waals surface area (Å²) in [4.78, 5) is 24.5. The molecule has 2 amide bonds. The van der Waals surface area contributed by atoms with Gasteiger partial charge in [0.15, 0.2) is 5.69 Å². The zero-order chi connectivity index (χ0) is 17.1. The number of rotatable bonds is 4. The molecule has 0 saturated carbocycles. The van der Waals surface area contributed by atoms with E-state index in [4.69, 9.17) is 11.6 Å². The molecule has 3 rings (SSSR count). The number of H-pyrrole nitrogens is 1. The molecule has 1 heterocycles. The van der Waals surface area contributed by atoms with Crippen molar-refractivity contribution in [2.75, 3.05) is 5.32 Å². The summed E-state index contributed by atoms with van der Waals surface area (Å²) in [6.45, 7) is 1.61. The van der Waals surface area contributed by atoms with Crippen LogP contribution in [-0.2, 0) is 4.79 Å². The lowest BCUT2D eigenvalue weighted by molar-refractivity contribution is -0.117. The molecule has 1 atom stereocenters. The van der Waals surface area contributed by atoms with Gasteiger partial charge in [0.25, 0.3) is 5.91 Å². The van der Waals surface area contributed by atoms with Crippen molar-refractivity contribution in [3.8, 4) is 0 Å². The summed E-state index contributed by atoms with van der Waals surface area (Å²) in [6.07, 6.45) is 0. The highest BCUT2D eigenvalue weighted by Crippen LogP contribution is 2.16. The molecule has 0 aliphatic rings. The van der Waals surface area contributed by atoms with Gasteiger partial charge in [-0.1, -0.05) is 29.8 Å². The van der Waals surface area contributed by atoms with Crippen LogP contribution in [0.3, 0.4) is 0 Å². The van der Waals surface area contributed by atoms with Crippen LogP contribution in [0.4, 0.5) is 5.69 Å². The van der Waals surface area contributed by atoms with Crippen molar-refractivity contribution in [3.63, 3.8) is 0 Å². The number of benzene rings is 2. The van der Waals surface area contributed by atoms with Gasteiger partial charge in [-0.3, -0.25) is 14.7 Å². The smallest absolute Gasteiger partial charge is 0.273 e. The first-order valence-corrected chi connectivity index (χ1v) is 7.73. The largest absolute Gasteiger partial charge is 0.339 e. The Kier molecular flexibility index (Phi) is 4.48. The Hall–Kier alpha value is -2.86. The SMILES string of the molecule is CC(NC(=O)c1n[nH]c2ccccc12)C(=O)Nc1ccc(Cl)cc1. The molecule has 1 aromatic heterocycles. The highest BCUT2D eigenvalue weighted by atomic mass is 35.5. The molecule has 0 aliphatic carbocycles. The number of hydrogen-bond donors (Lipinski definition) is 3. The first kappa shape index (κ1) is 16.0. The summed E-state index contributed by atoms with van der Waals surface area (Å²) >= 11 is 5.80. The van der Waals surface area contributed by atoms with Gasteiger partial charge in [-0.05, 0) is 37.3 Å². The minimum Gasteiger partial charge on any atom is -0.339 e. The Balaban J connectivity index is 1.67. The molecule has 0 saturated heterocycles. The van der Waals surface area contributed by atoms with E-state index < -0.39 is 11.9 Å². The second kappa shape index (κ2) is 6.72. The predicted octanol–water partition coefficient (Wildman–Crippen LogP) is 2.97. The molecule has 1 unspecified atom stereocenters. The van der Waals surface area contributed by atoms with Crippen molar-refractivity contribution >= 4 is 40.0 Å². The van der Waals surface area contributed by atoms with Crippen molar-refractivity contribution in [2.24, 2.45) is 0 Å². The lowest BCUT2D eigenvalue weighted by Crippen LogP contribution is -2.41. The van der Waals surface area contributed by atoms with E-state index in [0.717, 1.165) is 5.52 Å². The summed E-state index contributed by atoms with van der Waals surface area (Å²) in [5, 5.41) is 13.5. The number of aromatic nitrogens is 2.